The number of amides is 2. The molecule has 0 aliphatic carbocycles. The van der Waals surface area contributed by atoms with Crippen LogP contribution in [0.3, 0.4) is 0 Å². The number of para-hydroxylation sites is 2. The van der Waals surface area contributed by atoms with E-state index in [0.29, 0.717) is 33.8 Å². The monoisotopic (exact) mass is 460 g/mol. The Kier molecular flexibility index (Phi) is 5.54. The zero-order valence-electron chi connectivity index (χ0n) is 16.8. The van der Waals surface area contributed by atoms with Crippen LogP contribution in [-0.2, 0) is 19.6 Å². The van der Waals surface area contributed by atoms with Gasteiger partial charge < -0.3 is 10.1 Å². The van der Waals surface area contributed by atoms with Crippen molar-refractivity contribution >= 4 is 59.9 Å². The van der Waals surface area contributed by atoms with E-state index in [4.69, 9.17) is 4.74 Å². The van der Waals surface area contributed by atoms with Crippen LogP contribution in [0.25, 0.3) is 10.2 Å². The first-order valence-electron chi connectivity index (χ1n) is 9.48. The molecule has 0 fully saturated rings. The molecule has 0 saturated carbocycles. The first-order valence-corrected chi connectivity index (χ1v) is 12.2. The van der Waals surface area contributed by atoms with Crippen LogP contribution in [0.4, 0.5) is 16.5 Å². The van der Waals surface area contributed by atoms with Gasteiger partial charge in [0.25, 0.3) is 5.91 Å². The van der Waals surface area contributed by atoms with Crippen molar-refractivity contribution in [3.8, 4) is 5.75 Å². The largest absolute Gasteiger partial charge is 0.482 e. The maximum atomic E-state index is 13.1. The summed E-state index contributed by atoms with van der Waals surface area (Å²) in [5.74, 6) is -0.0497. The highest BCUT2D eigenvalue weighted by molar-refractivity contribution is 7.92. The molecule has 0 spiro atoms. The van der Waals surface area contributed by atoms with Gasteiger partial charge in [-0.25, -0.2) is 13.4 Å². The van der Waals surface area contributed by atoms with Gasteiger partial charge in [-0.05, 0) is 36.8 Å². The summed E-state index contributed by atoms with van der Waals surface area (Å²) >= 11 is 1.16. The van der Waals surface area contributed by atoms with E-state index in [0.717, 1.165) is 17.6 Å². The second-order valence-corrected chi connectivity index (χ2v) is 9.79. The molecule has 31 heavy (non-hydrogen) atoms. The maximum Gasteiger partial charge on any atom is 0.265 e. The molecular formula is C20H20N4O5S2. The van der Waals surface area contributed by atoms with Crippen LogP contribution in [0.1, 0.15) is 13.3 Å². The third-order valence-electron chi connectivity index (χ3n) is 4.67. The summed E-state index contributed by atoms with van der Waals surface area (Å²) in [6.07, 6.45) is 1.47. The number of nitrogens with one attached hydrogen (secondary N) is 2. The lowest BCUT2D eigenvalue weighted by atomic mass is 10.1. The molecule has 0 radical (unpaired) electrons. The number of benzene rings is 2. The van der Waals surface area contributed by atoms with E-state index in [1.54, 1.807) is 36.4 Å². The Bertz CT molecular complexity index is 1270. The lowest BCUT2D eigenvalue weighted by molar-refractivity contribution is -0.125. The van der Waals surface area contributed by atoms with Gasteiger partial charge in [0.1, 0.15) is 11.8 Å². The van der Waals surface area contributed by atoms with Crippen LogP contribution >= 0.6 is 11.3 Å². The zero-order chi connectivity index (χ0) is 22.2. The number of fused-ring (bicyclic) bond motifs is 2. The molecule has 1 atom stereocenters. The van der Waals surface area contributed by atoms with Crippen LogP contribution < -0.4 is 19.7 Å². The first-order chi connectivity index (χ1) is 14.7. The molecular weight excluding hydrogens is 440 g/mol. The molecule has 1 unspecified atom stereocenters. The minimum Gasteiger partial charge on any atom is -0.482 e. The van der Waals surface area contributed by atoms with Crippen LogP contribution in [0.2, 0.25) is 0 Å². The lowest BCUT2D eigenvalue weighted by Gasteiger charge is -2.34. The fourth-order valence-electron chi connectivity index (χ4n) is 3.38. The number of rotatable bonds is 6. The third-order valence-corrected chi connectivity index (χ3v) is 6.30. The first kappa shape index (κ1) is 21.1. The molecule has 2 N–H and O–H groups in total. The van der Waals surface area contributed by atoms with E-state index in [1.165, 1.54) is 4.90 Å². The van der Waals surface area contributed by atoms with Crippen molar-refractivity contribution in [2.24, 2.45) is 0 Å². The third kappa shape index (κ3) is 4.47. The number of nitrogens with zero attached hydrogens (tertiary/aromatic N) is 2. The van der Waals surface area contributed by atoms with Crippen molar-refractivity contribution in [3.63, 3.8) is 0 Å². The Balaban J connectivity index is 1.58. The van der Waals surface area contributed by atoms with Crippen molar-refractivity contribution in [3.05, 3.63) is 42.5 Å². The molecule has 1 aromatic heterocycles. The summed E-state index contributed by atoms with van der Waals surface area (Å²) in [6.45, 7) is 1.72. The number of sulfonamides is 1. The normalized spacial score (nSPS) is 14.6. The van der Waals surface area contributed by atoms with E-state index in [1.807, 2.05) is 13.0 Å². The summed E-state index contributed by atoms with van der Waals surface area (Å²) in [7, 11) is -3.43. The second kappa shape index (κ2) is 8.16. The van der Waals surface area contributed by atoms with E-state index in [9.17, 15) is 18.0 Å². The van der Waals surface area contributed by atoms with Gasteiger partial charge in [-0.1, -0.05) is 30.4 Å². The molecule has 11 heteroatoms. The summed E-state index contributed by atoms with van der Waals surface area (Å²) in [5.41, 5.74) is 1.70. The highest BCUT2D eigenvalue weighted by Gasteiger charge is 2.34. The number of hydrogen-bond acceptors (Lipinski definition) is 7. The van der Waals surface area contributed by atoms with Crippen molar-refractivity contribution in [1.82, 2.24) is 4.98 Å². The van der Waals surface area contributed by atoms with Gasteiger partial charge in [0, 0.05) is 5.69 Å². The van der Waals surface area contributed by atoms with Crippen molar-refractivity contribution < 1.29 is 22.7 Å². The van der Waals surface area contributed by atoms with Crippen LogP contribution in [-0.4, -0.2) is 44.1 Å². The fraction of sp³-hybridized carbons (Fsp3) is 0.250. The molecule has 1 aliphatic heterocycles. The SMILES string of the molecule is CCC(C(=O)Nc1ccc2nc(NS(C)(=O)=O)sc2c1)N1C(=O)COc2ccccc21. The maximum absolute atomic E-state index is 13.1. The standard InChI is InChI=1S/C20H20N4O5S2/c1-3-14(24-15-6-4-5-7-16(15)29-11-18(24)25)19(26)21-12-8-9-13-17(10-12)30-20(22-13)23-31(2,27)28/h4-10,14H,3,11H2,1-2H3,(H,21,26)(H,22,23). The van der Waals surface area contributed by atoms with Crippen molar-refractivity contribution in [1.29, 1.82) is 0 Å². The number of anilines is 3. The average Bonchev–Trinajstić information content (AvgIpc) is 3.09. The van der Waals surface area contributed by atoms with E-state index >= 15 is 0 Å². The molecule has 0 bridgehead atoms. The molecule has 162 valence electrons. The topological polar surface area (TPSA) is 118 Å². The van der Waals surface area contributed by atoms with Crippen LogP contribution in [0.5, 0.6) is 5.75 Å². The van der Waals surface area contributed by atoms with Crippen LogP contribution in [0, 0.1) is 0 Å². The van der Waals surface area contributed by atoms with Gasteiger partial charge in [0.2, 0.25) is 15.9 Å². The number of carbonyl (C=O) groups excluding carboxylic acids is 2. The van der Waals surface area contributed by atoms with Gasteiger partial charge in [0.15, 0.2) is 11.7 Å². The summed E-state index contributed by atoms with van der Waals surface area (Å²) in [6, 6.07) is 11.5. The highest BCUT2D eigenvalue weighted by atomic mass is 32.2. The molecule has 2 heterocycles. The number of carbonyl (C=O) groups is 2. The van der Waals surface area contributed by atoms with Gasteiger partial charge >= 0.3 is 0 Å². The summed E-state index contributed by atoms with van der Waals surface area (Å²) in [5, 5.41) is 3.11. The number of ether oxygens (including phenoxy) is 1. The minimum absolute atomic E-state index is 0.121. The molecule has 4 rings (SSSR count). The van der Waals surface area contributed by atoms with Gasteiger partial charge in [-0.15, -0.1) is 0 Å². The van der Waals surface area contributed by atoms with E-state index in [-0.39, 0.29) is 23.6 Å². The van der Waals surface area contributed by atoms with Gasteiger partial charge in [-0.2, -0.15) is 0 Å². The number of hydrogen-bond donors (Lipinski definition) is 2. The summed E-state index contributed by atoms with van der Waals surface area (Å²) < 4.78 is 31.4. The Morgan fingerprint density at radius 3 is 2.81 bits per heavy atom. The highest BCUT2D eigenvalue weighted by Crippen LogP contribution is 2.34. The fourth-order valence-corrected chi connectivity index (χ4v) is 5.12. The molecule has 2 aromatic carbocycles. The molecule has 1 aliphatic rings. The second-order valence-electron chi connectivity index (χ2n) is 7.01. The van der Waals surface area contributed by atoms with Crippen LogP contribution in [0.15, 0.2) is 42.5 Å². The summed E-state index contributed by atoms with van der Waals surface area (Å²) in [4.78, 5) is 31.3. The molecule has 0 saturated heterocycles. The Labute approximate surface area is 183 Å². The number of aromatic nitrogens is 1. The molecule has 9 nitrogen and oxygen atoms in total. The Hall–Kier alpha value is -3.18. The Morgan fingerprint density at radius 2 is 2.06 bits per heavy atom. The Morgan fingerprint density at radius 1 is 1.29 bits per heavy atom. The van der Waals surface area contributed by atoms with Gasteiger partial charge in [0.05, 0.1) is 22.2 Å². The molecule has 3 aromatic rings. The molecule has 2 amide bonds. The predicted molar refractivity (Wildman–Crippen MR) is 120 cm³/mol. The quantitative estimate of drug-likeness (QED) is 0.584. The lowest BCUT2D eigenvalue weighted by Crippen LogP contribution is -2.50. The smallest absolute Gasteiger partial charge is 0.265 e. The predicted octanol–water partition coefficient (Wildman–Crippen LogP) is 2.81. The minimum atomic E-state index is -3.43. The zero-order valence-corrected chi connectivity index (χ0v) is 18.4. The number of thiazole rings is 1. The van der Waals surface area contributed by atoms with Crippen molar-refractivity contribution in [2.75, 3.05) is 27.8 Å². The van der Waals surface area contributed by atoms with Crippen molar-refractivity contribution in [2.45, 2.75) is 19.4 Å². The van der Waals surface area contributed by atoms with E-state index < -0.39 is 16.1 Å². The average molecular weight is 461 g/mol. The van der Waals surface area contributed by atoms with Gasteiger partial charge in [-0.3, -0.25) is 19.2 Å². The van der Waals surface area contributed by atoms with E-state index in [2.05, 4.69) is 15.0 Å².